The van der Waals surface area contributed by atoms with E-state index in [0.29, 0.717) is 6.20 Å². The average molecular weight is 302 g/mol. The highest BCUT2D eigenvalue weighted by molar-refractivity contribution is 6.30. The standard InChI is InChI=1S/C13H11ClF3N3/c1-8-2-4-9(5-3-8)18-7-11-19-6-10(12(14)20-11)13(15,16)17/h2-6,18H,7H2,1H3. The number of anilines is 1. The van der Waals surface area contributed by atoms with Crippen molar-refractivity contribution >= 4 is 17.3 Å². The van der Waals surface area contributed by atoms with Crippen molar-refractivity contribution in [2.24, 2.45) is 0 Å². The largest absolute Gasteiger partial charge is 0.420 e. The molecule has 2 rings (SSSR count). The lowest BCUT2D eigenvalue weighted by Crippen LogP contribution is -2.11. The Kier molecular flexibility index (Phi) is 4.13. The Morgan fingerprint density at radius 2 is 1.85 bits per heavy atom. The van der Waals surface area contributed by atoms with Crippen LogP contribution in [0.3, 0.4) is 0 Å². The van der Waals surface area contributed by atoms with E-state index >= 15 is 0 Å². The second-order valence-corrected chi connectivity index (χ2v) is 4.57. The molecule has 0 aliphatic carbocycles. The smallest absolute Gasteiger partial charge is 0.378 e. The molecule has 3 nitrogen and oxygen atoms in total. The van der Waals surface area contributed by atoms with Crippen LogP contribution in [-0.4, -0.2) is 9.97 Å². The van der Waals surface area contributed by atoms with Gasteiger partial charge >= 0.3 is 6.18 Å². The summed E-state index contributed by atoms with van der Waals surface area (Å²) in [5.74, 6) is 0.198. The van der Waals surface area contributed by atoms with E-state index in [9.17, 15) is 13.2 Å². The fraction of sp³-hybridized carbons (Fsp3) is 0.231. The Labute approximate surface area is 118 Å². The number of hydrogen-bond acceptors (Lipinski definition) is 3. The van der Waals surface area contributed by atoms with Crippen LogP contribution in [0.5, 0.6) is 0 Å². The second-order valence-electron chi connectivity index (χ2n) is 4.21. The Morgan fingerprint density at radius 1 is 1.20 bits per heavy atom. The fourth-order valence-electron chi connectivity index (χ4n) is 1.52. The van der Waals surface area contributed by atoms with E-state index in [0.717, 1.165) is 11.3 Å². The van der Waals surface area contributed by atoms with Crippen molar-refractivity contribution in [1.82, 2.24) is 9.97 Å². The maximum atomic E-state index is 12.5. The first-order valence-corrected chi connectivity index (χ1v) is 6.13. The van der Waals surface area contributed by atoms with Crippen LogP contribution < -0.4 is 5.32 Å². The number of halogens is 4. The Balaban J connectivity index is 2.07. The molecule has 0 aliphatic heterocycles. The highest BCUT2D eigenvalue weighted by atomic mass is 35.5. The van der Waals surface area contributed by atoms with Crippen LogP contribution >= 0.6 is 11.6 Å². The van der Waals surface area contributed by atoms with Crippen LogP contribution in [0, 0.1) is 6.92 Å². The maximum Gasteiger partial charge on any atom is 0.420 e. The van der Waals surface area contributed by atoms with Crippen LogP contribution in [0.25, 0.3) is 0 Å². The van der Waals surface area contributed by atoms with E-state index in [1.807, 2.05) is 31.2 Å². The van der Waals surface area contributed by atoms with Crippen LogP contribution in [-0.2, 0) is 12.7 Å². The SMILES string of the molecule is Cc1ccc(NCc2ncc(C(F)(F)F)c(Cl)n2)cc1. The molecule has 2 aromatic rings. The van der Waals surface area contributed by atoms with Gasteiger partial charge in [0.25, 0.3) is 0 Å². The number of aromatic nitrogens is 2. The zero-order valence-corrected chi connectivity index (χ0v) is 11.3. The van der Waals surface area contributed by atoms with Gasteiger partial charge in [0.15, 0.2) is 0 Å². The van der Waals surface area contributed by atoms with Gasteiger partial charge in [0.2, 0.25) is 0 Å². The van der Waals surface area contributed by atoms with Crippen molar-refractivity contribution < 1.29 is 13.2 Å². The summed E-state index contributed by atoms with van der Waals surface area (Å²) < 4.78 is 37.5. The fourth-order valence-corrected chi connectivity index (χ4v) is 1.78. The number of rotatable bonds is 3. The Bertz CT molecular complexity index is 597. The molecular weight excluding hydrogens is 291 g/mol. The lowest BCUT2D eigenvalue weighted by molar-refractivity contribution is -0.138. The molecular formula is C13H11ClF3N3. The average Bonchev–Trinajstić information content (AvgIpc) is 2.36. The predicted molar refractivity (Wildman–Crippen MR) is 70.5 cm³/mol. The van der Waals surface area contributed by atoms with Gasteiger partial charge in [-0.1, -0.05) is 29.3 Å². The van der Waals surface area contributed by atoms with E-state index in [1.165, 1.54) is 0 Å². The van der Waals surface area contributed by atoms with Crippen molar-refractivity contribution in [3.8, 4) is 0 Å². The number of benzene rings is 1. The first-order valence-electron chi connectivity index (χ1n) is 5.75. The zero-order chi connectivity index (χ0) is 14.8. The van der Waals surface area contributed by atoms with Gasteiger partial charge in [0.1, 0.15) is 16.5 Å². The summed E-state index contributed by atoms with van der Waals surface area (Å²) in [7, 11) is 0. The van der Waals surface area contributed by atoms with Gasteiger partial charge in [0, 0.05) is 11.9 Å². The zero-order valence-electron chi connectivity index (χ0n) is 10.5. The minimum absolute atomic E-state index is 0.195. The molecule has 0 bridgehead atoms. The third-order valence-electron chi connectivity index (χ3n) is 2.60. The summed E-state index contributed by atoms with van der Waals surface area (Å²) in [6, 6.07) is 7.56. The molecule has 20 heavy (non-hydrogen) atoms. The molecule has 1 aromatic heterocycles. The van der Waals surface area contributed by atoms with Gasteiger partial charge in [-0.25, -0.2) is 9.97 Å². The van der Waals surface area contributed by atoms with Gasteiger partial charge in [-0.05, 0) is 19.1 Å². The van der Waals surface area contributed by atoms with Gasteiger partial charge in [-0.15, -0.1) is 0 Å². The van der Waals surface area contributed by atoms with Crippen molar-refractivity contribution in [3.05, 3.63) is 52.6 Å². The summed E-state index contributed by atoms with van der Waals surface area (Å²) in [5, 5.41) is 2.42. The summed E-state index contributed by atoms with van der Waals surface area (Å²) >= 11 is 5.52. The predicted octanol–water partition coefficient (Wildman–Crippen LogP) is 4.07. The molecule has 1 heterocycles. The van der Waals surface area contributed by atoms with E-state index < -0.39 is 16.9 Å². The number of aryl methyl sites for hydroxylation is 1. The molecule has 0 amide bonds. The monoisotopic (exact) mass is 301 g/mol. The van der Waals surface area contributed by atoms with E-state index in [1.54, 1.807) is 0 Å². The molecule has 106 valence electrons. The minimum atomic E-state index is -4.54. The molecule has 0 unspecified atom stereocenters. The van der Waals surface area contributed by atoms with E-state index in [2.05, 4.69) is 15.3 Å². The molecule has 0 saturated heterocycles. The topological polar surface area (TPSA) is 37.8 Å². The van der Waals surface area contributed by atoms with Gasteiger partial charge < -0.3 is 5.32 Å². The summed E-state index contributed by atoms with van der Waals surface area (Å²) in [6.45, 7) is 2.16. The van der Waals surface area contributed by atoms with E-state index in [4.69, 9.17) is 11.6 Å². The number of alkyl halides is 3. The third-order valence-corrected chi connectivity index (χ3v) is 2.89. The van der Waals surface area contributed by atoms with Gasteiger partial charge in [-0.2, -0.15) is 13.2 Å². The quantitative estimate of drug-likeness (QED) is 0.868. The third kappa shape index (κ3) is 3.60. The van der Waals surface area contributed by atoms with Gasteiger partial charge in [0.05, 0.1) is 6.54 Å². The minimum Gasteiger partial charge on any atom is -0.378 e. The normalized spacial score (nSPS) is 11.4. The molecule has 7 heteroatoms. The highest BCUT2D eigenvalue weighted by Crippen LogP contribution is 2.32. The molecule has 0 fully saturated rings. The number of nitrogens with one attached hydrogen (secondary N) is 1. The maximum absolute atomic E-state index is 12.5. The van der Waals surface area contributed by atoms with Crippen LogP contribution in [0.1, 0.15) is 17.0 Å². The Hall–Kier alpha value is -1.82. The van der Waals surface area contributed by atoms with Crippen LogP contribution in [0.15, 0.2) is 30.5 Å². The number of hydrogen-bond donors (Lipinski definition) is 1. The van der Waals surface area contributed by atoms with Crippen LogP contribution in [0.2, 0.25) is 5.15 Å². The van der Waals surface area contributed by atoms with Crippen molar-refractivity contribution in [3.63, 3.8) is 0 Å². The molecule has 0 aliphatic rings. The molecule has 1 aromatic carbocycles. The summed E-state index contributed by atoms with van der Waals surface area (Å²) in [6.07, 6.45) is -3.85. The first kappa shape index (κ1) is 14.6. The molecule has 0 saturated carbocycles. The molecule has 0 spiro atoms. The van der Waals surface area contributed by atoms with Crippen molar-refractivity contribution in [1.29, 1.82) is 0 Å². The lowest BCUT2D eigenvalue weighted by Gasteiger charge is -2.09. The van der Waals surface area contributed by atoms with Crippen molar-refractivity contribution in [2.75, 3.05) is 5.32 Å². The Morgan fingerprint density at radius 3 is 2.40 bits per heavy atom. The number of nitrogens with zero attached hydrogens (tertiary/aromatic N) is 2. The van der Waals surface area contributed by atoms with E-state index in [-0.39, 0.29) is 12.4 Å². The molecule has 0 radical (unpaired) electrons. The summed E-state index contributed by atoms with van der Waals surface area (Å²) in [5.41, 5.74) is 0.915. The van der Waals surface area contributed by atoms with Crippen LogP contribution in [0.4, 0.5) is 18.9 Å². The van der Waals surface area contributed by atoms with Crippen molar-refractivity contribution in [2.45, 2.75) is 19.6 Å². The van der Waals surface area contributed by atoms with Gasteiger partial charge in [-0.3, -0.25) is 0 Å². The lowest BCUT2D eigenvalue weighted by atomic mass is 10.2. The highest BCUT2D eigenvalue weighted by Gasteiger charge is 2.34. The molecule has 0 atom stereocenters. The first-order chi connectivity index (χ1) is 9.36. The summed E-state index contributed by atoms with van der Waals surface area (Å²) in [4.78, 5) is 7.30. The second kappa shape index (κ2) is 5.66. The molecule has 1 N–H and O–H groups in total.